The van der Waals surface area contributed by atoms with Crippen molar-refractivity contribution in [2.24, 2.45) is 5.92 Å². The van der Waals surface area contributed by atoms with E-state index >= 15 is 0 Å². The van der Waals surface area contributed by atoms with E-state index in [1.807, 2.05) is 0 Å². The average molecular weight is 143 g/mol. The Kier molecular flexibility index (Phi) is 1.46. The monoisotopic (exact) mass is 143 g/mol. The summed E-state index contributed by atoms with van der Waals surface area (Å²) in [6.45, 7) is 2.32. The molecule has 0 bridgehead atoms. The Labute approximate surface area is 60.6 Å². The van der Waals surface area contributed by atoms with E-state index in [1.165, 1.54) is 17.9 Å². The van der Waals surface area contributed by atoms with Crippen molar-refractivity contribution in [2.75, 3.05) is 11.5 Å². The van der Waals surface area contributed by atoms with Crippen molar-refractivity contribution in [2.45, 2.75) is 25.4 Å². The van der Waals surface area contributed by atoms with Crippen molar-refractivity contribution in [3.63, 3.8) is 0 Å². The quantitative estimate of drug-likeness (QED) is 0.621. The Morgan fingerprint density at radius 2 is 2.11 bits per heavy atom. The van der Waals surface area contributed by atoms with Crippen molar-refractivity contribution in [3.8, 4) is 0 Å². The highest BCUT2D eigenvalue weighted by atomic mass is 32.2. The van der Waals surface area contributed by atoms with Crippen LogP contribution in [0.2, 0.25) is 0 Å². The summed E-state index contributed by atoms with van der Waals surface area (Å²) >= 11 is 2.05. The maximum absolute atomic E-state index is 3.62. The molecule has 0 radical (unpaired) electrons. The molecule has 2 rings (SSSR count). The minimum Gasteiger partial charge on any atom is -0.309 e. The van der Waals surface area contributed by atoms with E-state index in [9.17, 15) is 0 Å². The number of hydrogen-bond donors (Lipinski definition) is 1. The van der Waals surface area contributed by atoms with Crippen LogP contribution >= 0.6 is 11.8 Å². The van der Waals surface area contributed by atoms with Crippen LogP contribution in [0.25, 0.3) is 0 Å². The van der Waals surface area contributed by atoms with Crippen LogP contribution in [0.15, 0.2) is 0 Å². The molecule has 52 valence electrons. The van der Waals surface area contributed by atoms with Gasteiger partial charge in [-0.05, 0) is 12.3 Å². The summed E-state index contributed by atoms with van der Waals surface area (Å²) in [5.41, 5.74) is 0. The van der Waals surface area contributed by atoms with E-state index in [4.69, 9.17) is 0 Å². The topological polar surface area (TPSA) is 12.0 Å². The summed E-state index contributed by atoms with van der Waals surface area (Å²) in [4.78, 5) is 0. The highest BCUT2D eigenvalue weighted by Crippen LogP contribution is 2.31. The second-order valence-corrected chi connectivity index (χ2v) is 4.30. The fraction of sp³-hybridized carbons (Fsp3) is 1.00. The van der Waals surface area contributed by atoms with Crippen molar-refractivity contribution in [3.05, 3.63) is 0 Å². The number of thioether (sulfide) groups is 1. The molecule has 2 unspecified atom stereocenters. The van der Waals surface area contributed by atoms with Crippen LogP contribution < -0.4 is 5.32 Å². The van der Waals surface area contributed by atoms with Gasteiger partial charge in [-0.15, -0.1) is 0 Å². The molecule has 2 heteroatoms. The first-order chi connectivity index (χ1) is 4.36. The van der Waals surface area contributed by atoms with Crippen molar-refractivity contribution < 1.29 is 0 Å². The van der Waals surface area contributed by atoms with Gasteiger partial charge in [-0.3, -0.25) is 0 Å². The molecular weight excluding hydrogens is 130 g/mol. The van der Waals surface area contributed by atoms with Gasteiger partial charge in [0.2, 0.25) is 0 Å². The second kappa shape index (κ2) is 2.17. The summed E-state index contributed by atoms with van der Waals surface area (Å²) < 4.78 is 0. The molecule has 9 heavy (non-hydrogen) atoms. The van der Waals surface area contributed by atoms with E-state index in [-0.39, 0.29) is 0 Å². The lowest BCUT2D eigenvalue weighted by molar-refractivity contribution is 0.560. The molecule has 0 aromatic rings. The highest BCUT2D eigenvalue weighted by molar-refractivity contribution is 8.00. The van der Waals surface area contributed by atoms with Gasteiger partial charge in [0, 0.05) is 23.6 Å². The maximum Gasteiger partial charge on any atom is 0.0251 e. The lowest BCUT2D eigenvalue weighted by atomic mass is 10.3. The molecule has 1 N–H and O–H groups in total. The molecule has 2 aliphatic rings. The predicted molar refractivity (Wildman–Crippen MR) is 41.8 cm³/mol. The van der Waals surface area contributed by atoms with Crippen LogP contribution in [-0.2, 0) is 0 Å². The first-order valence-electron chi connectivity index (χ1n) is 3.70. The Balaban J connectivity index is 1.66. The van der Waals surface area contributed by atoms with Gasteiger partial charge in [-0.25, -0.2) is 0 Å². The van der Waals surface area contributed by atoms with E-state index < -0.39 is 0 Å². The minimum atomic E-state index is 0.866. The fourth-order valence-electron chi connectivity index (χ4n) is 1.19. The number of hydrogen-bond acceptors (Lipinski definition) is 2. The largest absolute Gasteiger partial charge is 0.309 e. The van der Waals surface area contributed by atoms with Crippen molar-refractivity contribution >= 4 is 11.8 Å². The van der Waals surface area contributed by atoms with E-state index in [1.54, 1.807) is 0 Å². The summed E-state index contributed by atoms with van der Waals surface area (Å²) in [6.07, 6.45) is 1.42. The van der Waals surface area contributed by atoms with Gasteiger partial charge in [0.1, 0.15) is 0 Å². The zero-order chi connectivity index (χ0) is 6.27. The Hall–Kier alpha value is 0.310. The zero-order valence-electron chi connectivity index (χ0n) is 5.76. The lowest BCUT2D eigenvalue weighted by Crippen LogP contribution is -2.41. The van der Waals surface area contributed by atoms with Gasteiger partial charge in [0.15, 0.2) is 0 Å². The summed E-state index contributed by atoms with van der Waals surface area (Å²) in [5.74, 6) is 3.67. The fourth-order valence-corrected chi connectivity index (χ4v) is 1.85. The minimum absolute atomic E-state index is 0.866. The first kappa shape index (κ1) is 6.05. The molecule has 2 atom stereocenters. The number of rotatable bonds is 2. The molecule has 1 nitrogen and oxygen atoms in total. The molecule has 1 aliphatic carbocycles. The van der Waals surface area contributed by atoms with Crippen LogP contribution in [0.4, 0.5) is 0 Å². The highest BCUT2D eigenvalue weighted by Gasteiger charge is 2.35. The van der Waals surface area contributed by atoms with Gasteiger partial charge >= 0.3 is 0 Å². The van der Waals surface area contributed by atoms with E-state index in [0.29, 0.717) is 0 Å². The second-order valence-electron chi connectivity index (χ2n) is 3.22. The third-order valence-corrected chi connectivity index (χ3v) is 3.47. The Morgan fingerprint density at radius 1 is 1.44 bits per heavy atom. The van der Waals surface area contributed by atoms with Crippen LogP contribution in [0, 0.1) is 5.92 Å². The molecule has 1 aliphatic heterocycles. The molecule has 1 heterocycles. The third kappa shape index (κ3) is 1.24. The molecular formula is C7H13NS. The SMILES string of the molecule is CC1CC1NC1CSC1. The van der Waals surface area contributed by atoms with Gasteiger partial charge < -0.3 is 5.32 Å². The standard InChI is InChI=1S/C7H13NS/c1-5-2-7(5)8-6-3-9-4-6/h5-8H,2-4H2,1H3. The smallest absolute Gasteiger partial charge is 0.0251 e. The van der Waals surface area contributed by atoms with Crippen LogP contribution in [0.5, 0.6) is 0 Å². The lowest BCUT2D eigenvalue weighted by Gasteiger charge is -2.26. The molecule has 0 amide bonds. The first-order valence-corrected chi connectivity index (χ1v) is 4.85. The van der Waals surface area contributed by atoms with Crippen molar-refractivity contribution in [1.82, 2.24) is 5.32 Å². The molecule has 1 saturated heterocycles. The average Bonchev–Trinajstić information content (AvgIpc) is 2.36. The van der Waals surface area contributed by atoms with Crippen molar-refractivity contribution in [1.29, 1.82) is 0 Å². The van der Waals surface area contributed by atoms with Crippen LogP contribution in [-0.4, -0.2) is 23.6 Å². The Morgan fingerprint density at radius 3 is 2.44 bits per heavy atom. The Bertz CT molecular complexity index is 109. The van der Waals surface area contributed by atoms with E-state index in [0.717, 1.165) is 18.0 Å². The third-order valence-electron chi connectivity index (χ3n) is 2.20. The van der Waals surface area contributed by atoms with Gasteiger partial charge in [-0.2, -0.15) is 11.8 Å². The van der Waals surface area contributed by atoms with Crippen LogP contribution in [0.1, 0.15) is 13.3 Å². The molecule has 0 spiro atoms. The molecule has 2 fully saturated rings. The zero-order valence-corrected chi connectivity index (χ0v) is 6.58. The summed E-state index contributed by atoms with van der Waals surface area (Å²) in [5, 5.41) is 3.62. The van der Waals surface area contributed by atoms with E-state index in [2.05, 4.69) is 24.0 Å². The summed E-state index contributed by atoms with van der Waals surface area (Å²) in [7, 11) is 0. The normalized spacial score (nSPS) is 42.3. The van der Waals surface area contributed by atoms with Gasteiger partial charge in [0.25, 0.3) is 0 Å². The predicted octanol–water partition coefficient (Wildman–Crippen LogP) is 1.10. The maximum atomic E-state index is 3.62. The van der Waals surface area contributed by atoms with Gasteiger partial charge in [-0.1, -0.05) is 6.92 Å². The molecule has 0 aromatic heterocycles. The summed E-state index contributed by atoms with van der Waals surface area (Å²) in [6, 6.07) is 1.75. The van der Waals surface area contributed by atoms with Crippen LogP contribution in [0.3, 0.4) is 0 Å². The number of nitrogens with one attached hydrogen (secondary N) is 1. The molecule has 1 saturated carbocycles. The molecule has 0 aromatic carbocycles. The van der Waals surface area contributed by atoms with Gasteiger partial charge in [0.05, 0.1) is 0 Å².